The number of allylic oxidation sites excluding steroid dienone is 1. The zero-order valence-corrected chi connectivity index (χ0v) is 20.6. The number of carbonyl (C=O) groups excluding carboxylic acids is 2. The molecule has 0 aliphatic carbocycles. The molecule has 0 aromatic carbocycles. The fourth-order valence-electron chi connectivity index (χ4n) is 3.65. The average Bonchev–Trinajstić information content (AvgIpc) is 2.82. The van der Waals surface area contributed by atoms with E-state index >= 15 is 0 Å². The Hall–Kier alpha value is -1.98. The summed E-state index contributed by atoms with van der Waals surface area (Å²) >= 11 is 0. The molecular weight excluding hydrogens is 408 g/mol. The number of esters is 2. The van der Waals surface area contributed by atoms with Gasteiger partial charge in [-0.2, -0.15) is 0 Å². The van der Waals surface area contributed by atoms with Crippen molar-refractivity contribution < 1.29 is 28.5 Å². The largest absolute Gasteiger partial charge is 0.466 e. The van der Waals surface area contributed by atoms with E-state index in [0.29, 0.717) is 37.2 Å². The maximum Gasteiger partial charge on any atom is 0.306 e. The molecule has 0 fully saturated rings. The maximum atomic E-state index is 12.5. The van der Waals surface area contributed by atoms with Crippen LogP contribution < -0.4 is 0 Å². The summed E-state index contributed by atoms with van der Waals surface area (Å²) in [5.41, 5.74) is 0. The summed E-state index contributed by atoms with van der Waals surface area (Å²) in [5.74, 6) is 0.525. The van der Waals surface area contributed by atoms with Crippen molar-refractivity contribution in [3.63, 3.8) is 0 Å². The fourth-order valence-corrected chi connectivity index (χ4v) is 3.65. The zero-order valence-electron chi connectivity index (χ0n) is 20.6. The molecule has 0 amide bonds. The third-order valence-electron chi connectivity index (χ3n) is 6.08. The predicted molar refractivity (Wildman–Crippen MR) is 125 cm³/mol. The van der Waals surface area contributed by atoms with E-state index in [4.69, 9.17) is 18.9 Å². The van der Waals surface area contributed by atoms with Crippen LogP contribution in [0.3, 0.4) is 0 Å². The molecule has 1 aliphatic heterocycles. The van der Waals surface area contributed by atoms with Gasteiger partial charge in [-0.05, 0) is 31.1 Å². The first-order valence-electron chi connectivity index (χ1n) is 12.5. The van der Waals surface area contributed by atoms with Crippen LogP contribution in [0.15, 0.2) is 24.5 Å². The Balaban J connectivity index is 2.53. The molecule has 0 aromatic heterocycles. The molecule has 0 aromatic rings. The Morgan fingerprint density at radius 2 is 1.44 bits per heavy atom. The Labute approximate surface area is 194 Å². The van der Waals surface area contributed by atoms with Crippen LogP contribution in [0, 0.1) is 17.8 Å². The molecular formula is C26H44O6. The number of ether oxygens (including phenoxy) is 4. The van der Waals surface area contributed by atoms with Gasteiger partial charge >= 0.3 is 11.9 Å². The summed E-state index contributed by atoms with van der Waals surface area (Å²) in [7, 11) is 0. The third-order valence-corrected chi connectivity index (χ3v) is 6.08. The summed E-state index contributed by atoms with van der Waals surface area (Å²) in [6, 6.07) is 0. The van der Waals surface area contributed by atoms with Crippen LogP contribution in [0.2, 0.25) is 0 Å². The van der Waals surface area contributed by atoms with Crippen LogP contribution in [0.1, 0.15) is 98.3 Å². The lowest BCUT2D eigenvalue weighted by Gasteiger charge is -2.21. The minimum Gasteiger partial charge on any atom is -0.466 e. The molecule has 6 nitrogen and oxygen atoms in total. The van der Waals surface area contributed by atoms with Crippen LogP contribution in [0.25, 0.3) is 0 Å². The van der Waals surface area contributed by atoms with Crippen molar-refractivity contribution in [1.82, 2.24) is 0 Å². The molecule has 0 saturated carbocycles. The highest BCUT2D eigenvalue weighted by atomic mass is 16.5. The molecule has 6 heteroatoms. The highest BCUT2D eigenvalue weighted by Crippen LogP contribution is 2.26. The van der Waals surface area contributed by atoms with Gasteiger partial charge in [-0.1, -0.05) is 66.2 Å². The Morgan fingerprint density at radius 3 is 1.94 bits per heavy atom. The quantitative estimate of drug-likeness (QED) is 0.217. The van der Waals surface area contributed by atoms with Crippen molar-refractivity contribution in [3.8, 4) is 0 Å². The number of rotatable bonds is 18. The van der Waals surface area contributed by atoms with Gasteiger partial charge in [0.2, 0.25) is 0 Å². The van der Waals surface area contributed by atoms with Gasteiger partial charge in [0.1, 0.15) is 24.5 Å². The molecule has 0 bridgehead atoms. The van der Waals surface area contributed by atoms with Crippen LogP contribution in [0.5, 0.6) is 0 Å². The minimum atomic E-state index is -0.294. The van der Waals surface area contributed by atoms with E-state index < -0.39 is 0 Å². The second-order valence-electron chi connectivity index (χ2n) is 8.69. The molecule has 184 valence electrons. The topological polar surface area (TPSA) is 71.1 Å². The molecule has 1 aliphatic rings. The number of hydrogen-bond acceptors (Lipinski definition) is 6. The Kier molecular flexibility index (Phi) is 15.4. The highest BCUT2D eigenvalue weighted by Gasteiger charge is 2.24. The number of unbranched alkanes of at least 4 members (excludes halogenated alkanes) is 2. The normalized spacial score (nSPS) is 15.7. The molecule has 0 spiro atoms. The van der Waals surface area contributed by atoms with Crippen molar-refractivity contribution in [2.24, 2.45) is 17.8 Å². The number of hydrogen-bond donors (Lipinski definition) is 0. The molecule has 1 rings (SSSR count). The lowest BCUT2D eigenvalue weighted by molar-refractivity contribution is -0.148. The van der Waals surface area contributed by atoms with Gasteiger partial charge in [-0.25, -0.2) is 0 Å². The molecule has 32 heavy (non-hydrogen) atoms. The zero-order chi connectivity index (χ0) is 23.6. The van der Waals surface area contributed by atoms with Gasteiger partial charge in [0, 0.05) is 12.3 Å². The van der Waals surface area contributed by atoms with E-state index in [1.807, 2.05) is 0 Å². The molecule has 0 N–H and O–H groups in total. The van der Waals surface area contributed by atoms with Gasteiger partial charge in [0.25, 0.3) is 0 Å². The SMILES string of the molecule is CCCCC(CC)COC(=O)CCC(CC(=O)OCC(CC)CCCC)C1=COC=CO1. The smallest absolute Gasteiger partial charge is 0.306 e. The van der Waals surface area contributed by atoms with Crippen LogP contribution in [-0.2, 0) is 28.5 Å². The first-order chi connectivity index (χ1) is 15.5. The summed E-state index contributed by atoms with van der Waals surface area (Å²) in [6.45, 7) is 9.48. The van der Waals surface area contributed by atoms with E-state index in [1.165, 1.54) is 18.8 Å². The summed E-state index contributed by atoms with van der Waals surface area (Å²) < 4.78 is 21.8. The highest BCUT2D eigenvalue weighted by molar-refractivity contribution is 5.71. The van der Waals surface area contributed by atoms with Crippen LogP contribution >= 0.6 is 0 Å². The lowest BCUT2D eigenvalue weighted by Crippen LogP contribution is -2.20. The maximum absolute atomic E-state index is 12.5. The van der Waals surface area contributed by atoms with Crippen molar-refractivity contribution in [3.05, 3.63) is 24.5 Å². The predicted octanol–water partition coefficient (Wildman–Crippen LogP) is 6.65. The monoisotopic (exact) mass is 452 g/mol. The minimum absolute atomic E-state index is 0.147. The van der Waals surface area contributed by atoms with Gasteiger partial charge in [-0.15, -0.1) is 0 Å². The number of carbonyl (C=O) groups is 2. The third kappa shape index (κ3) is 12.2. The molecule has 1 heterocycles. The van der Waals surface area contributed by atoms with Gasteiger partial charge in [0.15, 0.2) is 0 Å². The van der Waals surface area contributed by atoms with Crippen LogP contribution in [-0.4, -0.2) is 25.2 Å². The Bertz CT molecular complexity index is 583. The summed E-state index contributed by atoms with van der Waals surface area (Å²) in [6.07, 6.45) is 13.9. The molecule has 3 unspecified atom stereocenters. The first-order valence-corrected chi connectivity index (χ1v) is 12.5. The summed E-state index contributed by atoms with van der Waals surface area (Å²) in [5, 5.41) is 0. The molecule has 3 atom stereocenters. The van der Waals surface area contributed by atoms with Gasteiger partial charge in [0.05, 0.1) is 19.6 Å². The van der Waals surface area contributed by atoms with E-state index in [-0.39, 0.29) is 30.7 Å². The van der Waals surface area contributed by atoms with E-state index in [2.05, 4.69) is 27.7 Å². The van der Waals surface area contributed by atoms with E-state index in [9.17, 15) is 9.59 Å². The fraction of sp³-hybridized carbons (Fsp3) is 0.769. The standard InChI is InChI=1S/C26H44O6/c1-5-9-11-21(7-3)18-31-25(27)14-13-23(24-20-29-15-16-30-24)17-26(28)32-19-22(8-4)12-10-6-2/h15-16,20-23H,5-14,17-19H2,1-4H3. The molecule has 0 radical (unpaired) electrons. The van der Waals surface area contributed by atoms with Crippen molar-refractivity contribution >= 4 is 11.9 Å². The first kappa shape index (κ1) is 28.1. The van der Waals surface area contributed by atoms with Gasteiger partial charge in [-0.3, -0.25) is 9.59 Å². The second kappa shape index (κ2) is 17.6. The molecule has 0 saturated heterocycles. The average molecular weight is 453 g/mol. The van der Waals surface area contributed by atoms with E-state index in [0.717, 1.165) is 51.4 Å². The lowest BCUT2D eigenvalue weighted by atomic mass is 9.97. The van der Waals surface area contributed by atoms with Crippen molar-refractivity contribution in [1.29, 1.82) is 0 Å². The second-order valence-corrected chi connectivity index (χ2v) is 8.69. The van der Waals surface area contributed by atoms with Crippen molar-refractivity contribution in [2.75, 3.05) is 13.2 Å². The van der Waals surface area contributed by atoms with E-state index in [1.54, 1.807) is 0 Å². The van der Waals surface area contributed by atoms with Crippen LogP contribution in [0.4, 0.5) is 0 Å². The van der Waals surface area contributed by atoms with Crippen molar-refractivity contribution in [2.45, 2.75) is 98.3 Å². The Morgan fingerprint density at radius 1 is 0.844 bits per heavy atom. The summed E-state index contributed by atoms with van der Waals surface area (Å²) in [4.78, 5) is 24.8. The van der Waals surface area contributed by atoms with Gasteiger partial charge < -0.3 is 18.9 Å².